The second-order valence-corrected chi connectivity index (χ2v) is 3.58. The van der Waals surface area contributed by atoms with Crippen LogP contribution in [0.5, 0.6) is 0 Å². The Morgan fingerprint density at radius 1 is 1.57 bits per heavy atom. The number of H-pyrrole nitrogens is 1. The highest BCUT2D eigenvalue weighted by atomic mass is 16.1. The van der Waals surface area contributed by atoms with Gasteiger partial charge in [0, 0.05) is 12.1 Å². The first-order valence-electron chi connectivity index (χ1n) is 5.32. The lowest BCUT2D eigenvalue weighted by Gasteiger charge is -2.10. The van der Waals surface area contributed by atoms with Crippen molar-refractivity contribution in [3.63, 3.8) is 0 Å². The van der Waals surface area contributed by atoms with Gasteiger partial charge in [-0.3, -0.25) is 4.79 Å². The number of carbonyl (C=O) groups is 1. The quantitative estimate of drug-likeness (QED) is 0.708. The molecule has 0 aliphatic rings. The smallest absolute Gasteiger partial charge is 0.170 e. The summed E-state index contributed by atoms with van der Waals surface area (Å²) in [5.74, 6) is 1.44. The van der Waals surface area contributed by atoms with E-state index in [9.17, 15) is 4.79 Å². The largest absolute Gasteiger partial charge is 0.348 e. The Balaban J connectivity index is 2.63. The van der Waals surface area contributed by atoms with Gasteiger partial charge >= 0.3 is 0 Å². The normalized spacial score (nSPS) is 12.7. The van der Waals surface area contributed by atoms with E-state index in [2.05, 4.69) is 23.8 Å². The number of aromatic amines is 1. The Morgan fingerprint density at radius 2 is 2.36 bits per heavy atom. The van der Waals surface area contributed by atoms with Crippen molar-refractivity contribution in [2.75, 3.05) is 0 Å². The molecule has 0 fully saturated rings. The van der Waals surface area contributed by atoms with Crippen molar-refractivity contribution in [2.45, 2.75) is 45.4 Å². The van der Waals surface area contributed by atoms with E-state index in [1.54, 1.807) is 6.20 Å². The second-order valence-electron chi connectivity index (χ2n) is 3.58. The van der Waals surface area contributed by atoms with Crippen LogP contribution in [-0.4, -0.2) is 16.3 Å². The van der Waals surface area contributed by atoms with Crippen LogP contribution in [0, 0.1) is 0 Å². The highest BCUT2D eigenvalue weighted by molar-refractivity contribution is 5.71. The summed E-state index contributed by atoms with van der Waals surface area (Å²) in [7, 11) is 0. The molecule has 1 aromatic rings. The summed E-state index contributed by atoms with van der Waals surface area (Å²) in [4.78, 5) is 17.8. The number of unbranched alkanes of at least 4 members (excludes halogenated alkanes) is 1. The van der Waals surface area contributed by atoms with E-state index < -0.39 is 0 Å². The number of carbonyl (C=O) groups excluding carboxylic acids is 1. The van der Waals surface area contributed by atoms with Crippen LogP contribution in [0.4, 0.5) is 0 Å². The number of imidazole rings is 1. The molecule has 0 saturated heterocycles. The average molecular weight is 194 g/mol. The van der Waals surface area contributed by atoms with Crippen molar-refractivity contribution in [3.05, 3.63) is 17.7 Å². The summed E-state index contributed by atoms with van der Waals surface area (Å²) in [5, 5.41) is 0. The number of hydrogen-bond donors (Lipinski definition) is 1. The second kappa shape index (κ2) is 5.58. The summed E-state index contributed by atoms with van der Waals surface area (Å²) < 4.78 is 0. The third-order valence-electron chi connectivity index (χ3n) is 2.52. The number of aldehydes is 1. The topological polar surface area (TPSA) is 45.8 Å². The molecule has 0 amide bonds. The van der Waals surface area contributed by atoms with Crippen LogP contribution in [0.3, 0.4) is 0 Å². The van der Waals surface area contributed by atoms with Gasteiger partial charge in [-0.2, -0.15) is 0 Å². The molecule has 0 aromatic carbocycles. The van der Waals surface area contributed by atoms with Gasteiger partial charge in [0.05, 0.1) is 0 Å². The van der Waals surface area contributed by atoms with Gasteiger partial charge in [0.25, 0.3) is 0 Å². The predicted molar refractivity (Wildman–Crippen MR) is 56.5 cm³/mol. The zero-order valence-corrected chi connectivity index (χ0v) is 8.92. The van der Waals surface area contributed by atoms with E-state index in [0.29, 0.717) is 11.6 Å². The van der Waals surface area contributed by atoms with Crippen molar-refractivity contribution in [2.24, 2.45) is 0 Å². The molecular formula is C11H18N2O. The first kappa shape index (κ1) is 11.0. The lowest BCUT2D eigenvalue weighted by atomic mass is 9.99. The zero-order chi connectivity index (χ0) is 10.4. The van der Waals surface area contributed by atoms with Crippen LogP contribution >= 0.6 is 0 Å². The maximum absolute atomic E-state index is 10.5. The van der Waals surface area contributed by atoms with E-state index in [4.69, 9.17) is 0 Å². The molecule has 3 nitrogen and oxygen atoms in total. The molecule has 1 rings (SSSR count). The van der Waals surface area contributed by atoms with Gasteiger partial charge in [0.2, 0.25) is 0 Å². The molecule has 1 N–H and O–H groups in total. The average Bonchev–Trinajstić information content (AvgIpc) is 2.68. The van der Waals surface area contributed by atoms with Gasteiger partial charge in [0.1, 0.15) is 11.5 Å². The molecule has 0 spiro atoms. The van der Waals surface area contributed by atoms with Gasteiger partial charge in [-0.15, -0.1) is 0 Å². The summed E-state index contributed by atoms with van der Waals surface area (Å²) in [5.41, 5.74) is 0.509. The lowest BCUT2D eigenvalue weighted by Crippen LogP contribution is -2.00. The van der Waals surface area contributed by atoms with Gasteiger partial charge < -0.3 is 4.98 Å². The van der Waals surface area contributed by atoms with E-state index >= 15 is 0 Å². The number of nitrogens with zero attached hydrogens (tertiary/aromatic N) is 1. The van der Waals surface area contributed by atoms with E-state index in [-0.39, 0.29) is 0 Å². The molecule has 0 bridgehead atoms. The minimum atomic E-state index is 0.476. The Hall–Kier alpha value is -1.12. The van der Waals surface area contributed by atoms with Crippen LogP contribution < -0.4 is 0 Å². The maximum Gasteiger partial charge on any atom is 0.170 e. The summed E-state index contributed by atoms with van der Waals surface area (Å²) in [6, 6.07) is 0. The summed E-state index contributed by atoms with van der Waals surface area (Å²) >= 11 is 0. The maximum atomic E-state index is 10.5. The van der Waals surface area contributed by atoms with Gasteiger partial charge in [-0.05, 0) is 12.8 Å². The fourth-order valence-electron chi connectivity index (χ4n) is 1.61. The summed E-state index contributed by atoms with van der Waals surface area (Å²) in [6.45, 7) is 4.34. The number of aromatic nitrogens is 2. The molecule has 1 aromatic heterocycles. The molecule has 14 heavy (non-hydrogen) atoms. The molecule has 0 aliphatic heterocycles. The van der Waals surface area contributed by atoms with E-state index in [1.807, 2.05) is 0 Å². The standard InChI is InChI=1S/C11H18N2O/c1-3-5-6-9(4-2)11-12-7-10(8-14)13-11/h7-9H,3-6H2,1-2H3,(H,12,13). The Morgan fingerprint density at radius 3 is 2.86 bits per heavy atom. The SMILES string of the molecule is CCCCC(CC)c1nc(C=O)c[nH]1. The molecule has 3 heteroatoms. The Labute approximate surface area is 84.9 Å². The van der Waals surface area contributed by atoms with Crippen molar-refractivity contribution in [1.29, 1.82) is 0 Å². The van der Waals surface area contributed by atoms with Crippen LogP contribution in [0.25, 0.3) is 0 Å². The van der Waals surface area contributed by atoms with Gasteiger partial charge in [0.15, 0.2) is 6.29 Å². The fourth-order valence-corrected chi connectivity index (χ4v) is 1.61. The zero-order valence-electron chi connectivity index (χ0n) is 8.92. The molecular weight excluding hydrogens is 176 g/mol. The minimum absolute atomic E-state index is 0.476. The van der Waals surface area contributed by atoms with E-state index in [0.717, 1.165) is 25.0 Å². The monoisotopic (exact) mass is 194 g/mol. The van der Waals surface area contributed by atoms with Gasteiger partial charge in [-0.25, -0.2) is 4.98 Å². The van der Waals surface area contributed by atoms with Crippen molar-refractivity contribution in [1.82, 2.24) is 9.97 Å². The van der Waals surface area contributed by atoms with Crippen LogP contribution in [0.2, 0.25) is 0 Å². The third kappa shape index (κ3) is 2.69. The first-order valence-corrected chi connectivity index (χ1v) is 5.32. The number of hydrogen-bond acceptors (Lipinski definition) is 2. The Kier molecular flexibility index (Phi) is 4.36. The highest BCUT2D eigenvalue weighted by Gasteiger charge is 2.12. The highest BCUT2D eigenvalue weighted by Crippen LogP contribution is 2.22. The molecule has 1 heterocycles. The molecule has 1 atom stereocenters. The Bertz CT molecular complexity index is 281. The molecule has 0 radical (unpaired) electrons. The number of rotatable bonds is 6. The lowest BCUT2D eigenvalue weighted by molar-refractivity contribution is 0.111. The van der Waals surface area contributed by atoms with E-state index in [1.165, 1.54) is 12.8 Å². The minimum Gasteiger partial charge on any atom is -0.348 e. The van der Waals surface area contributed by atoms with Gasteiger partial charge in [-0.1, -0.05) is 26.7 Å². The predicted octanol–water partition coefficient (Wildman–Crippen LogP) is 2.91. The van der Waals surface area contributed by atoms with Crippen molar-refractivity contribution in [3.8, 4) is 0 Å². The first-order chi connectivity index (χ1) is 6.81. The third-order valence-corrected chi connectivity index (χ3v) is 2.52. The number of nitrogens with one attached hydrogen (secondary N) is 1. The van der Waals surface area contributed by atoms with Crippen molar-refractivity contribution >= 4 is 6.29 Å². The summed E-state index contributed by atoms with van der Waals surface area (Å²) in [6.07, 6.45) is 7.11. The van der Waals surface area contributed by atoms with Crippen LogP contribution in [-0.2, 0) is 0 Å². The van der Waals surface area contributed by atoms with Crippen molar-refractivity contribution < 1.29 is 4.79 Å². The molecule has 0 aliphatic carbocycles. The molecule has 1 unspecified atom stereocenters. The fraction of sp³-hybridized carbons (Fsp3) is 0.636. The molecule has 78 valence electrons. The molecule has 0 saturated carbocycles. The van der Waals surface area contributed by atoms with Crippen LogP contribution in [0.1, 0.15) is 61.8 Å². The van der Waals surface area contributed by atoms with Crippen LogP contribution in [0.15, 0.2) is 6.20 Å².